The second-order valence-electron chi connectivity index (χ2n) is 4.30. The van der Waals surface area contributed by atoms with Crippen molar-refractivity contribution in [1.82, 2.24) is 10.3 Å². The maximum Gasteiger partial charge on any atom is 0.253 e. The Bertz CT molecular complexity index is 422. The SMILES string of the molecule is Cc1[nH]c(C=O)c(C)c1C(=O)NCCC(C)N. The van der Waals surface area contributed by atoms with E-state index in [2.05, 4.69) is 10.3 Å². The van der Waals surface area contributed by atoms with Gasteiger partial charge in [0.2, 0.25) is 0 Å². The number of rotatable bonds is 5. The third-order valence-corrected chi connectivity index (χ3v) is 2.71. The first-order valence-corrected chi connectivity index (χ1v) is 5.65. The first-order valence-electron chi connectivity index (χ1n) is 5.65. The summed E-state index contributed by atoms with van der Waals surface area (Å²) in [6, 6.07) is 0.0641. The highest BCUT2D eigenvalue weighted by Crippen LogP contribution is 2.16. The van der Waals surface area contributed by atoms with Gasteiger partial charge >= 0.3 is 0 Å². The number of aromatic nitrogens is 1. The van der Waals surface area contributed by atoms with Crippen LogP contribution in [0.5, 0.6) is 0 Å². The lowest BCUT2D eigenvalue weighted by atomic mass is 10.1. The van der Waals surface area contributed by atoms with Crippen molar-refractivity contribution < 1.29 is 9.59 Å². The van der Waals surface area contributed by atoms with E-state index in [1.165, 1.54) is 0 Å². The van der Waals surface area contributed by atoms with Crippen molar-refractivity contribution in [2.24, 2.45) is 5.73 Å². The fourth-order valence-electron chi connectivity index (χ4n) is 1.73. The van der Waals surface area contributed by atoms with Gasteiger partial charge in [-0.3, -0.25) is 9.59 Å². The van der Waals surface area contributed by atoms with Gasteiger partial charge in [0.05, 0.1) is 11.3 Å². The molecule has 1 atom stereocenters. The summed E-state index contributed by atoms with van der Waals surface area (Å²) in [5.41, 5.74) is 8.01. The Hall–Kier alpha value is -1.62. The molecule has 0 radical (unpaired) electrons. The zero-order valence-electron chi connectivity index (χ0n) is 10.5. The Morgan fingerprint density at radius 3 is 2.65 bits per heavy atom. The molecule has 1 heterocycles. The predicted octanol–water partition coefficient (Wildman–Crippen LogP) is 0.911. The van der Waals surface area contributed by atoms with E-state index in [4.69, 9.17) is 5.73 Å². The molecule has 0 bridgehead atoms. The van der Waals surface area contributed by atoms with Crippen LogP contribution in [0.3, 0.4) is 0 Å². The van der Waals surface area contributed by atoms with Crippen LogP contribution in [0.25, 0.3) is 0 Å². The molecule has 0 saturated heterocycles. The van der Waals surface area contributed by atoms with E-state index in [1.807, 2.05) is 6.92 Å². The quantitative estimate of drug-likeness (QED) is 0.665. The van der Waals surface area contributed by atoms with E-state index >= 15 is 0 Å². The molecule has 0 aliphatic rings. The summed E-state index contributed by atoms with van der Waals surface area (Å²) < 4.78 is 0. The number of aldehydes is 1. The van der Waals surface area contributed by atoms with E-state index in [1.54, 1.807) is 13.8 Å². The zero-order chi connectivity index (χ0) is 13.0. The van der Waals surface area contributed by atoms with Gasteiger partial charge in [-0.1, -0.05) is 0 Å². The molecule has 1 rings (SSSR count). The van der Waals surface area contributed by atoms with E-state index in [0.717, 1.165) is 12.7 Å². The van der Waals surface area contributed by atoms with Gasteiger partial charge in [0, 0.05) is 18.3 Å². The van der Waals surface area contributed by atoms with Gasteiger partial charge in [-0.2, -0.15) is 0 Å². The molecule has 0 fully saturated rings. The lowest BCUT2D eigenvalue weighted by molar-refractivity contribution is 0.0951. The van der Waals surface area contributed by atoms with Crippen molar-refractivity contribution in [2.45, 2.75) is 33.2 Å². The van der Waals surface area contributed by atoms with E-state index < -0.39 is 0 Å². The van der Waals surface area contributed by atoms with Crippen LogP contribution in [0.15, 0.2) is 0 Å². The van der Waals surface area contributed by atoms with Gasteiger partial charge < -0.3 is 16.0 Å². The van der Waals surface area contributed by atoms with Crippen molar-refractivity contribution in [3.05, 3.63) is 22.5 Å². The molecule has 1 aromatic rings. The zero-order valence-corrected chi connectivity index (χ0v) is 10.5. The van der Waals surface area contributed by atoms with E-state index in [0.29, 0.717) is 29.1 Å². The number of aryl methyl sites for hydroxylation is 1. The molecule has 4 N–H and O–H groups in total. The van der Waals surface area contributed by atoms with Crippen LogP contribution >= 0.6 is 0 Å². The van der Waals surface area contributed by atoms with Crippen LogP contribution in [-0.4, -0.2) is 29.8 Å². The Morgan fingerprint density at radius 2 is 2.18 bits per heavy atom. The Kier molecular flexibility index (Phi) is 4.45. The number of carbonyl (C=O) groups is 2. The molecule has 0 aliphatic heterocycles. The Balaban J connectivity index is 2.75. The molecule has 0 spiro atoms. The molecule has 0 aliphatic carbocycles. The number of amides is 1. The molecule has 1 amide bonds. The van der Waals surface area contributed by atoms with Crippen LogP contribution in [0.4, 0.5) is 0 Å². The lowest BCUT2D eigenvalue weighted by Crippen LogP contribution is -2.29. The van der Waals surface area contributed by atoms with Gasteiger partial charge in [-0.15, -0.1) is 0 Å². The second-order valence-corrected chi connectivity index (χ2v) is 4.30. The summed E-state index contributed by atoms with van der Waals surface area (Å²) in [4.78, 5) is 25.5. The average molecular weight is 237 g/mol. The molecule has 17 heavy (non-hydrogen) atoms. The molecule has 1 unspecified atom stereocenters. The third-order valence-electron chi connectivity index (χ3n) is 2.71. The minimum atomic E-state index is -0.162. The van der Waals surface area contributed by atoms with Crippen molar-refractivity contribution in [3.63, 3.8) is 0 Å². The third kappa shape index (κ3) is 3.17. The maximum atomic E-state index is 11.9. The Morgan fingerprint density at radius 1 is 1.53 bits per heavy atom. The summed E-state index contributed by atoms with van der Waals surface area (Å²) in [6.07, 6.45) is 1.45. The summed E-state index contributed by atoms with van der Waals surface area (Å²) in [7, 11) is 0. The predicted molar refractivity (Wildman–Crippen MR) is 66.3 cm³/mol. The van der Waals surface area contributed by atoms with Crippen LogP contribution in [0, 0.1) is 13.8 Å². The largest absolute Gasteiger partial charge is 0.356 e. The number of hydrogen-bond acceptors (Lipinski definition) is 3. The summed E-state index contributed by atoms with van der Waals surface area (Å²) in [5, 5.41) is 2.79. The highest BCUT2D eigenvalue weighted by atomic mass is 16.1. The maximum absolute atomic E-state index is 11.9. The van der Waals surface area contributed by atoms with E-state index in [-0.39, 0.29) is 11.9 Å². The molecule has 1 aromatic heterocycles. The van der Waals surface area contributed by atoms with Gasteiger partial charge in [0.25, 0.3) is 5.91 Å². The second kappa shape index (κ2) is 5.63. The Labute approximate surface area is 101 Å². The summed E-state index contributed by atoms with van der Waals surface area (Å²) in [6.45, 7) is 5.97. The van der Waals surface area contributed by atoms with Crippen molar-refractivity contribution in [3.8, 4) is 0 Å². The molecule has 5 heteroatoms. The fourth-order valence-corrected chi connectivity index (χ4v) is 1.73. The van der Waals surface area contributed by atoms with Crippen molar-refractivity contribution >= 4 is 12.2 Å². The monoisotopic (exact) mass is 237 g/mol. The number of hydrogen-bond donors (Lipinski definition) is 3. The minimum Gasteiger partial charge on any atom is -0.356 e. The molecular formula is C12H19N3O2. The van der Waals surface area contributed by atoms with Crippen LogP contribution in [0.1, 0.15) is 45.4 Å². The van der Waals surface area contributed by atoms with Crippen molar-refractivity contribution in [1.29, 1.82) is 0 Å². The first kappa shape index (κ1) is 13.4. The number of carbonyl (C=O) groups excluding carboxylic acids is 2. The van der Waals surface area contributed by atoms with Crippen LogP contribution in [0.2, 0.25) is 0 Å². The molecule has 94 valence electrons. The number of H-pyrrole nitrogens is 1. The number of nitrogens with one attached hydrogen (secondary N) is 2. The van der Waals surface area contributed by atoms with Gasteiger partial charge in [0.15, 0.2) is 6.29 Å². The van der Waals surface area contributed by atoms with Crippen molar-refractivity contribution in [2.75, 3.05) is 6.54 Å². The van der Waals surface area contributed by atoms with Gasteiger partial charge in [-0.25, -0.2) is 0 Å². The molecular weight excluding hydrogens is 218 g/mol. The summed E-state index contributed by atoms with van der Waals surface area (Å²) >= 11 is 0. The standard InChI is InChI=1S/C12H19N3O2/c1-7(13)4-5-14-12(17)11-8(2)10(6-16)15-9(11)3/h6-7,15H,4-5,13H2,1-3H3,(H,14,17). The highest BCUT2D eigenvalue weighted by molar-refractivity contribution is 5.99. The first-order chi connectivity index (χ1) is 7.97. The van der Waals surface area contributed by atoms with Crippen LogP contribution < -0.4 is 11.1 Å². The van der Waals surface area contributed by atoms with Gasteiger partial charge in [0.1, 0.15) is 0 Å². The smallest absolute Gasteiger partial charge is 0.253 e. The topological polar surface area (TPSA) is 88.0 Å². The van der Waals surface area contributed by atoms with Crippen LogP contribution in [-0.2, 0) is 0 Å². The molecule has 0 aromatic carbocycles. The van der Waals surface area contributed by atoms with E-state index in [9.17, 15) is 9.59 Å². The highest BCUT2D eigenvalue weighted by Gasteiger charge is 2.17. The normalized spacial score (nSPS) is 12.2. The lowest BCUT2D eigenvalue weighted by Gasteiger charge is -2.07. The van der Waals surface area contributed by atoms with Gasteiger partial charge in [-0.05, 0) is 32.8 Å². The molecule has 0 saturated carbocycles. The fraction of sp³-hybridized carbons (Fsp3) is 0.500. The molecule has 5 nitrogen and oxygen atoms in total. The number of nitrogens with two attached hydrogens (primary N) is 1. The summed E-state index contributed by atoms with van der Waals surface area (Å²) in [5.74, 6) is -0.162. The minimum absolute atomic E-state index is 0.0641. The number of aromatic amines is 1. The average Bonchev–Trinajstić information content (AvgIpc) is 2.53.